The minimum Gasteiger partial charge on any atom is -0.451 e. The van der Waals surface area contributed by atoms with E-state index in [1.165, 1.54) is 10.6 Å². The summed E-state index contributed by atoms with van der Waals surface area (Å²) in [7, 11) is -3.15. The van der Waals surface area contributed by atoms with Crippen molar-refractivity contribution in [2.75, 3.05) is 42.7 Å². The van der Waals surface area contributed by atoms with Crippen molar-refractivity contribution < 1.29 is 17.6 Å². The number of hydrogen-bond donors (Lipinski definition) is 2. The third kappa shape index (κ3) is 5.04. The molecular formula is C21H22N4O4S2. The van der Waals surface area contributed by atoms with Crippen LogP contribution in [0.4, 0.5) is 11.4 Å². The molecule has 2 N–H and O–H groups in total. The molecule has 8 nitrogen and oxygen atoms in total. The lowest BCUT2D eigenvalue weighted by molar-refractivity contribution is 0.0953. The van der Waals surface area contributed by atoms with Crippen LogP contribution in [0.15, 0.2) is 59.0 Å². The largest absolute Gasteiger partial charge is 0.451 e. The van der Waals surface area contributed by atoms with Crippen LogP contribution in [0.25, 0.3) is 11.0 Å². The Balaban J connectivity index is 1.32. The highest BCUT2D eigenvalue weighted by Gasteiger charge is 2.23. The van der Waals surface area contributed by atoms with Crippen LogP contribution in [-0.2, 0) is 10.0 Å². The van der Waals surface area contributed by atoms with Gasteiger partial charge in [-0.15, -0.1) is 0 Å². The monoisotopic (exact) mass is 458 g/mol. The van der Waals surface area contributed by atoms with Gasteiger partial charge in [0.2, 0.25) is 10.0 Å². The van der Waals surface area contributed by atoms with E-state index in [1.54, 1.807) is 12.1 Å². The van der Waals surface area contributed by atoms with Crippen LogP contribution in [0.3, 0.4) is 0 Å². The standard InChI is InChI=1S/C21H22N4O4S2/c1-31(27,28)25-12-10-24(11-13-25)17-8-6-16(7-9-17)22-21(30)23-20(26)19-14-15-4-2-3-5-18(15)29-19/h2-9,14H,10-13H2,1H3,(H2,22,23,26,30). The molecule has 0 saturated carbocycles. The Morgan fingerprint density at radius 1 is 1.03 bits per heavy atom. The molecule has 3 aromatic rings. The molecule has 162 valence electrons. The van der Waals surface area contributed by atoms with Crippen molar-refractivity contribution >= 4 is 55.6 Å². The molecule has 4 rings (SSSR count). The minimum atomic E-state index is -3.15. The normalized spacial score (nSPS) is 15.1. The molecule has 1 aliphatic rings. The van der Waals surface area contributed by atoms with Crippen molar-refractivity contribution in [3.63, 3.8) is 0 Å². The van der Waals surface area contributed by atoms with Crippen molar-refractivity contribution in [2.24, 2.45) is 0 Å². The Bertz CT molecular complexity index is 1180. The van der Waals surface area contributed by atoms with Gasteiger partial charge in [0.25, 0.3) is 5.91 Å². The molecule has 0 unspecified atom stereocenters. The smallest absolute Gasteiger partial charge is 0.293 e. The van der Waals surface area contributed by atoms with E-state index < -0.39 is 15.9 Å². The zero-order valence-electron chi connectivity index (χ0n) is 16.9. The summed E-state index contributed by atoms with van der Waals surface area (Å²) in [5.41, 5.74) is 2.36. The number of nitrogens with zero attached hydrogens (tertiary/aromatic N) is 2. The van der Waals surface area contributed by atoms with E-state index in [2.05, 4.69) is 15.5 Å². The molecule has 1 aromatic heterocycles. The summed E-state index contributed by atoms with van der Waals surface area (Å²) in [5, 5.41) is 6.62. The molecule has 1 aliphatic heterocycles. The van der Waals surface area contributed by atoms with Crippen LogP contribution >= 0.6 is 12.2 Å². The summed E-state index contributed by atoms with van der Waals surface area (Å²) >= 11 is 5.24. The number of hydrogen-bond acceptors (Lipinski definition) is 6. The number of fused-ring (bicyclic) bond motifs is 1. The van der Waals surface area contributed by atoms with Crippen LogP contribution in [0, 0.1) is 0 Å². The van der Waals surface area contributed by atoms with E-state index in [-0.39, 0.29) is 10.9 Å². The molecule has 0 aliphatic carbocycles. The number of anilines is 2. The fraction of sp³-hybridized carbons (Fsp3) is 0.238. The number of benzene rings is 2. The molecule has 0 radical (unpaired) electrons. The van der Waals surface area contributed by atoms with E-state index in [9.17, 15) is 13.2 Å². The number of piperazine rings is 1. The van der Waals surface area contributed by atoms with Gasteiger partial charge < -0.3 is 14.6 Å². The van der Waals surface area contributed by atoms with Gasteiger partial charge in [0.05, 0.1) is 6.26 Å². The number of carbonyl (C=O) groups excluding carboxylic acids is 1. The summed E-state index contributed by atoms with van der Waals surface area (Å²) in [6.07, 6.45) is 1.24. The average molecular weight is 459 g/mol. The second-order valence-corrected chi connectivity index (χ2v) is 9.64. The van der Waals surface area contributed by atoms with Gasteiger partial charge in [-0.2, -0.15) is 4.31 Å². The molecule has 31 heavy (non-hydrogen) atoms. The molecule has 0 spiro atoms. The second kappa shape index (κ2) is 8.66. The number of nitrogens with one attached hydrogen (secondary N) is 2. The fourth-order valence-corrected chi connectivity index (χ4v) is 4.49. The lowest BCUT2D eigenvalue weighted by Crippen LogP contribution is -2.48. The fourth-order valence-electron chi connectivity index (χ4n) is 3.45. The lowest BCUT2D eigenvalue weighted by atomic mass is 10.2. The molecule has 0 atom stereocenters. The molecule has 10 heteroatoms. The van der Waals surface area contributed by atoms with Gasteiger partial charge in [0.15, 0.2) is 10.9 Å². The Labute approximate surface area is 185 Å². The van der Waals surface area contributed by atoms with Gasteiger partial charge in [0.1, 0.15) is 5.58 Å². The Morgan fingerprint density at radius 2 is 1.71 bits per heavy atom. The van der Waals surface area contributed by atoms with E-state index in [0.29, 0.717) is 31.8 Å². The number of amides is 1. The molecule has 1 fully saturated rings. The molecule has 0 bridgehead atoms. The third-order valence-corrected chi connectivity index (χ3v) is 6.58. The van der Waals surface area contributed by atoms with Crippen LogP contribution in [-0.4, -0.2) is 56.2 Å². The number of rotatable bonds is 4. The zero-order chi connectivity index (χ0) is 22.0. The second-order valence-electron chi connectivity index (χ2n) is 7.25. The van der Waals surface area contributed by atoms with Crippen LogP contribution in [0.2, 0.25) is 0 Å². The predicted molar refractivity (Wildman–Crippen MR) is 125 cm³/mol. The first kappa shape index (κ1) is 21.3. The number of carbonyl (C=O) groups is 1. The Morgan fingerprint density at radius 3 is 2.35 bits per heavy atom. The van der Waals surface area contributed by atoms with Gasteiger partial charge >= 0.3 is 0 Å². The number of thiocarbonyl (C=S) groups is 1. The molecule has 1 amide bonds. The number of furan rings is 1. The van der Waals surface area contributed by atoms with E-state index in [1.807, 2.05) is 42.5 Å². The zero-order valence-corrected chi connectivity index (χ0v) is 18.5. The molecular weight excluding hydrogens is 436 g/mol. The van der Waals surface area contributed by atoms with Crippen LogP contribution in [0.1, 0.15) is 10.6 Å². The number of sulfonamides is 1. The predicted octanol–water partition coefficient (Wildman–Crippen LogP) is 2.64. The van der Waals surface area contributed by atoms with Crippen molar-refractivity contribution in [1.82, 2.24) is 9.62 Å². The van der Waals surface area contributed by atoms with Crippen molar-refractivity contribution in [3.05, 3.63) is 60.4 Å². The highest BCUT2D eigenvalue weighted by molar-refractivity contribution is 7.88. The summed E-state index contributed by atoms with van der Waals surface area (Å²) in [6, 6.07) is 16.6. The average Bonchev–Trinajstić information content (AvgIpc) is 3.18. The minimum absolute atomic E-state index is 0.167. The molecule has 2 heterocycles. The highest BCUT2D eigenvalue weighted by Crippen LogP contribution is 2.21. The van der Waals surface area contributed by atoms with Crippen LogP contribution < -0.4 is 15.5 Å². The van der Waals surface area contributed by atoms with Crippen molar-refractivity contribution in [2.45, 2.75) is 0 Å². The Hall–Kier alpha value is -2.95. The molecule has 2 aromatic carbocycles. The van der Waals surface area contributed by atoms with Gasteiger partial charge in [-0.25, -0.2) is 8.42 Å². The molecule has 1 saturated heterocycles. The van der Waals surface area contributed by atoms with Gasteiger partial charge in [-0.05, 0) is 48.6 Å². The maximum absolute atomic E-state index is 12.4. The SMILES string of the molecule is CS(=O)(=O)N1CCN(c2ccc(NC(=S)NC(=O)c3cc4ccccc4o3)cc2)CC1. The van der Waals surface area contributed by atoms with Crippen molar-refractivity contribution in [3.8, 4) is 0 Å². The summed E-state index contributed by atoms with van der Waals surface area (Å²) < 4.78 is 30.3. The van der Waals surface area contributed by atoms with Crippen LogP contribution in [0.5, 0.6) is 0 Å². The summed E-state index contributed by atoms with van der Waals surface area (Å²) in [6.45, 7) is 2.20. The first-order valence-corrected chi connectivity index (χ1v) is 12.0. The summed E-state index contributed by atoms with van der Waals surface area (Å²) in [4.78, 5) is 14.5. The maximum atomic E-state index is 12.4. The Kier molecular flexibility index (Phi) is 5.94. The highest BCUT2D eigenvalue weighted by atomic mass is 32.2. The maximum Gasteiger partial charge on any atom is 0.293 e. The number of para-hydroxylation sites is 1. The van der Waals surface area contributed by atoms with Gasteiger partial charge in [-0.3, -0.25) is 10.1 Å². The van der Waals surface area contributed by atoms with E-state index >= 15 is 0 Å². The van der Waals surface area contributed by atoms with Gasteiger partial charge in [-0.1, -0.05) is 18.2 Å². The topological polar surface area (TPSA) is 94.9 Å². The van der Waals surface area contributed by atoms with E-state index in [4.69, 9.17) is 16.6 Å². The first-order chi connectivity index (χ1) is 14.8. The first-order valence-electron chi connectivity index (χ1n) is 9.71. The van der Waals surface area contributed by atoms with Crippen molar-refractivity contribution in [1.29, 1.82) is 0 Å². The van der Waals surface area contributed by atoms with Gasteiger partial charge in [0, 0.05) is 42.9 Å². The summed E-state index contributed by atoms with van der Waals surface area (Å²) in [5.74, 6) is -0.233. The third-order valence-electron chi connectivity index (χ3n) is 5.07. The lowest BCUT2D eigenvalue weighted by Gasteiger charge is -2.34. The quantitative estimate of drug-likeness (QED) is 0.581. The van der Waals surface area contributed by atoms with E-state index in [0.717, 1.165) is 16.8 Å².